The molecule has 2 atom stereocenters. The molecule has 1 fully saturated rings. The Morgan fingerprint density at radius 3 is 2.90 bits per heavy atom. The molecule has 106 valence electrons. The predicted molar refractivity (Wildman–Crippen MR) is 71.1 cm³/mol. The SMILES string of the molecule is N#Cc1cc([N+](=O)[O-])cnc1OC1CCCCCC1N. The van der Waals surface area contributed by atoms with E-state index in [9.17, 15) is 10.1 Å². The van der Waals surface area contributed by atoms with Crippen LogP contribution in [0.2, 0.25) is 0 Å². The maximum atomic E-state index is 10.7. The molecule has 2 N–H and O–H groups in total. The topological polar surface area (TPSA) is 115 Å². The molecule has 1 aromatic heterocycles. The Labute approximate surface area is 116 Å². The molecule has 0 aromatic carbocycles. The van der Waals surface area contributed by atoms with Gasteiger partial charge in [-0.25, -0.2) is 4.98 Å². The van der Waals surface area contributed by atoms with Gasteiger partial charge in [0, 0.05) is 12.1 Å². The average Bonchev–Trinajstić information content (AvgIpc) is 2.64. The lowest BCUT2D eigenvalue weighted by Gasteiger charge is -2.22. The van der Waals surface area contributed by atoms with Crippen LogP contribution in [0.4, 0.5) is 5.69 Å². The Hall–Kier alpha value is -2.20. The normalized spacial score (nSPS) is 22.6. The summed E-state index contributed by atoms with van der Waals surface area (Å²) in [6.07, 6.45) is 5.79. The number of hydrogen-bond donors (Lipinski definition) is 1. The smallest absolute Gasteiger partial charge is 0.289 e. The fraction of sp³-hybridized carbons (Fsp3) is 0.538. The zero-order chi connectivity index (χ0) is 14.5. The molecule has 7 heteroatoms. The summed E-state index contributed by atoms with van der Waals surface area (Å²) < 4.78 is 5.72. The summed E-state index contributed by atoms with van der Waals surface area (Å²) in [5.74, 6) is 0.125. The Morgan fingerprint density at radius 1 is 1.45 bits per heavy atom. The van der Waals surface area contributed by atoms with Gasteiger partial charge in [-0.1, -0.05) is 12.8 Å². The van der Waals surface area contributed by atoms with Crippen molar-refractivity contribution < 1.29 is 9.66 Å². The van der Waals surface area contributed by atoms with Gasteiger partial charge >= 0.3 is 0 Å². The van der Waals surface area contributed by atoms with Crippen molar-refractivity contribution in [3.8, 4) is 11.9 Å². The van der Waals surface area contributed by atoms with Crippen molar-refractivity contribution in [1.29, 1.82) is 5.26 Å². The van der Waals surface area contributed by atoms with Crippen LogP contribution in [0.1, 0.15) is 37.7 Å². The first-order valence-electron chi connectivity index (χ1n) is 6.58. The second kappa shape index (κ2) is 6.30. The molecule has 0 saturated heterocycles. The van der Waals surface area contributed by atoms with Crippen LogP contribution in [0.15, 0.2) is 12.3 Å². The highest BCUT2D eigenvalue weighted by atomic mass is 16.6. The molecule has 1 aromatic rings. The molecular formula is C13H16N4O3. The highest BCUT2D eigenvalue weighted by Gasteiger charge is 2.24. The van der Waals surface area contributed by atoms with Gasteiger partial charge in [0.05, 0.1) is 4.92 Å². The van der Waals surface area contributed by atoms with Crippen LogP contribution in [-0.4, -0.2) is 22.1 Å². The van der Waals surface area contributed by atoms with Crippen LogP contribution in [0, 0.1) is 21.4 Å². The zero-order valence-electron chi connectivity index (χ0n) is 11.0. The molecule has 20 heavy (non-hydrogen) atoms. The molecule has 0 radical (unpaired) electrons. The van der Waals surface area contributed by atoms with Gasteiger partial charge in [0.15, 0.2) is 0 Å². The van der Waals surface area contributed by atoms with E-state index in [0.717, 1.165) is 38.3 Å². The summed E-state index contributed by atoms with van der Waals surface area (Å²) in [7, 11) is 0. The largest absolute Gasteiger partial charge is 0.472 e. The van der Waals surface area contributed by atoms with Crippen LogP contribution in [-0.2, 0) is 0 Å². The van der Waals surface area contributed by atoms with E-state index in [0.29, 0.717) is 0 Å². The van der Waals surface area contributed by atoms with Gasteiger partial charge in [-0.2, -0.15) is 5.26 Å². The highest BCUT2D eigenvalue weighted by Crippen LogP contribution is 2.25. The average molecular weight is 276 g/mol. The number of ether oxygens (including phenoxy) is 1. The lowest BCUT2D eigenvalue weighted by molar-refractivity contribution is -0.385. The Bertz CT molecular complexity index is 541. The molecule has 2 rings (SSSR count). The molecule has 0 spiro atoms. The fourth-order valence-electron chi connectivity index (χ4n) is 2.31. The molecule has 7 nitrogen and oxygen atoms in total. The maximum Gasteiger partial charge on any atom is 0.289 e. The standard InChI is InChI=1S/C13H16N4O3/c14-7-9-6-10(17(18)19)8-16-13(9)20-12-5-3-1-2-4-11(12)15/h6,8,11-12H,1-5,15H2. The van der Waals surface area contributed by atoms with Crippen LogP contribution in [0.3, 0.4) is 0 Å². The van der Waals surface area contributed by atoms with E-state index in [1.54, 1.807) is 0 Å². The third-order valence-corrected chi connectivity index (χ3v) is 3.43. The van der Waals surface area contributed by atoms with E-state index < -0.39 is 4.92 Å². The van der Waals surface area contributed by atoms with Crippen molar-refractivity contribution in [2.45, 2.75) is 44.2 Å². The number of aromatic nitrogens is 1. The van der Waals surface area contributed by atoms with Crippen molar-refractivity contribution in [1.82, 2.24) is 4.98 Å². The lowest BCUT2D eigenvalue weighted by Crippen LogP contribution is -2.38. The van der Waals surface area contributed by atoms with E-state index >= 15 is 0 Å². The number of hydrogen-bond acceptors (Lipinski definition) is 6. The fourth-order valence-corrected chi connectivity index (χ4v) is 2.31. The first-order valence-corrected chi connectivity index (χ1v) is 6.58. The molecule has 1 aliphatic rings. The van der Waals surface area contributed by atoms with Gasteiger partial charge in [0.1, 0.15) is 23.9 Å². The summed E-state index contributed by atoms with van der Waals surface area (Å²) in [4.78, 5) is 14.0. The number of nitro groups is 1. The number of rotatable bonds is 3. The highest BCUT2D eigenvalue weighted by molar-refractivity contribution is 5.45. The minimum absolute atomic E-state index is 0.0654. The van der Waals surface area contributed by atoms with Crippen LogP contribution < -0.4 is 10.5 Å². The summed E-state index contributed by atoms with van der Waals surface area (Å²) >= 11 is 0. The second-order valence-electron chi connectivity index (χ2n) is 4.87. The van der Waals surface area contributed by atoms with E-state index in [-0.39, 0.29) is 29.3 Å². The monoisotopic (exact) mass is 276 g/mol. The van der Waals surface area contributed by atoms with E-state index in [4.69, 9.17) is 15.7 Å². The van der Waals surface area contributed by atoms with Gasteiger partial charge in [-0.05, 0) is 19.3 Å². The summed E-state index contributed by atoms with van der Waals surface area (Å²) in [6, 6.07) is 2.95. The van der Waals surface area contributed by atoms with Gasteiger partial charge < -0.3 is 10.5 Å². The van der Waals surface area contributed by atoms with E-state index in [1.165, 1.54) is 6.07 Å². The van der Waals surface area contributed by atoms with Crippen molar-refractivity contribution >= 4 is 5.69 Å². The lowest BCUT2D eigenvalue weighted by atomic mass is 10.1. The van der Waals surface area contributed by atoms with Gasteiger partial charge in [-0.3, -0.25) is 10.1 Å². The Morgan fingerprint density at radius 2 is 2.20 bits per heavy atom. The number of nitriles is 1. The van der Waals surface area contributed by atoms with Crippen LogP contribution >= 0.6 is 0 Å². The number of nitrogens with zero attached hydrogens (tertiary/aromatic N) is 3. The molecule has 1 aliphatic carbocycles. The van der Waals surface area contributed by atoms with E-state index in [2.05, 4.69) is 4.98 Å². The van der Waals surface area contributed by atoms with Crippen molar-refractivity contribution in [3.05, 3.63) is 27.9 Å². The zero-order valence-corrected chi connectivity index (χ0v) is 11.0. The number of pyridine rings is 1. The van der Waals surface area contributed by atoms with Gasteiger partial charge in [0.2, 0.25) is 5.88 Å². The Balaban J connectivity index is 2.20. The quantitative estimate of drug-likeness (QED) is 0.512. The minimum atomic E-state index is -0.588. The van der Waals surface area contributed by atoms with Crippen LogP contribution in [0.25, 0.3) is 0 Å². The van der Waals surface area contributed by atoms with E-state index in [1.807, 2.05) is 6.07 Å². The van der Waals surface area contributed by atoms with Crippen LogP contribution in [0.5, 0.6) is 5.88 Å². The van der Waals surface area contributed by atoms with Crippen molar-refractivity contribution in [2.75, 3.05) is 0 Å². The van der Waals surface area contributed by atoms with Gasteiger partial charge in [0.25, 0.3) is 5.69 Å². The van der Waals surface area contributed by atoms with Gasteiger partial charge in [-0.15, -0.1) is 0 Å². The molecule has 2 unspecified atom stereocenters. The maximum absolute atomic E-state index is 10.7. The summed E-state index contributed by atoms with van der Waals surface area (Å²) in [5.41, 5.74) is 5.89. The molecule has 0 aliphatic heterocycles. The second-order valence-corrected chi connectivity index (χ2v) is 4.87. The number of nitrogens with two attached hydrogens (primary N) is 1. The molecule has 1 saturated carbocycles. The Kier molecular flexibility index (Phi) is 4.48. The summed E-state index contributed by atoms with van der Waals surface area (Å²) in [6.45, 7) is 0. The molecular weight excluding hydrogens is 260 g/mol. The van der Waals surface area contributed by atoms with Crippen molar-refractivity contribution in [2.24, 2.45) is 5.73 Å². The molecule has 1 heterocycles. The first kappa shape index (κ1) is 14.2. The molecule has 0 amide bonds. The minimum Gasteiger partial charge on any atom is -0.472 e. The summed E-state index contributed by atoms with van der Waals surface area (Å²) in [5, 5.41) is 19.7. The first-order chi connectivity index (χ1) is 9.61. The third-order valence-electron chi connectivity index (χ3n) is 3.43. The molecule has 0 bridgehead atoms. The van der Waals surface area contributed by atoms with Crippen molar-refractivity contribution in [3.63, 3.8) is 0 Å². The third kappa shape index (κ3) is 3.22. The predicted octanol–water partition coefficient (Wildman–Crippen LogP) is 1.90.